The lowest BCUT2D eigenvalue weighted by Gasteiger charge is -2.49. The van der Waals surface area contributed by atoms with Gasteiger partial charge in [-0.2, -0.15) is 13.2 Å². The minimum Gasteiger partial charge on any atom is -0.391 e. The van der Waals surface area contributed by atoms with Crippen LogP contribution in [0.4, 0.5) is 13.2 Å². The molecule has 23 heavy (non-hydrogen) atoms. The number of alkyl halides is 3. The van der Waals surface area contributed by atoms with Gasteiger partial charge in [0.1, 0.15) is 0 Å². The third-order valence-electron chi connectivity index (χ3n) is 4.94. The maximum atomic E-state index is 12.8. The van der Waals surface area contributed by atoms with Gasteiger partial charge in [0.15, 0.2) is 0 Å². The van der Waals surface area contributed by atoms with Gasteiger partial charge in [-0.05, 0) is 52.0 Å². The highest BCUT2D eigenvalue weighted by atomic mass is 19.4. The molecule has 1 aliphatic heterocycles. The number of likely N-dealkylation sites (tertiary alicyclic amines) is 1. The van der Waals surface area contributed by atoms with Crippen LogP contribution >= 0.6 is 0 Å². The van der Waals surface area contributed by atoms with Crippen molar-refractivity contribution in [2.45, 2.75) is 37.1 Å². The highest BCUT2D eigenvalue weighted by molar-refractivity contribution is 5.26. The van der Waals surface area contributed by atoms with E-state index in [1.807, 2.05) is 26.0 Å². The molecule has 0 amide bonds. The quantitative estimate of drug-likeness (QED) is 0.919. The number of aliphatic hydroxyl groups excluding tert-OH is 1. The molecule has 1 aromatic carbocycles. The Morgan fingerprint density at radius 2 is 2.04 bits per heavy atom. The summed E-state index contributed by atoms with van der Waals surface area (Å²) < 4.78 is 38.5. The fourth-order valence-corrected chi connectivity index (χ4v) is 3.44. The van der Waals surface area contributed by atoms with Crippen LogP contribution < -0.4 is 0 Å². The van der Waals surface area contributed by atoms with Crippen molar-refractivity contribution in [2.24, 2.45) is 0 Å². The van der Waals surface area contributed by atoms with E-state index < -0.39 is 23.4 Å². The van der Waals surface area contributed by atoms with Crippen LogP contribution in [0.3, 0.4) is 0 Å². The second-order valence-corrected chi connectivity index (χ2v) is 6.74. The second-order valence-electron chi connectivity index (χ2n) is 6.74. The number of rotatable bonds is 4. The molecule has 2 atom stereocenters. The van der Waals surface area contributed by atoms with Gasteiger partial charge in [-0.3, -0.25) is 0 Å². The van der Waals surface area contributed by atoms with Crippen LogP contribution in [0.5, 0.6) is 0 Å². The SMILES string of the molecule is CN1CC[C@@H](O)[C@](CCc2cccc(C(F)(F)F)c2)(N(C)C)C1. The molecule has 1 N–H and O–H groups in total. The van der Waals surface area contributed by atoms with Crippen LogP contribution in [0.25, 0.3) is 0 Å². The third-order valence-corrected chi connectivity index (χ3v) is 4.94. The van der Waals surface area contributed by atoms with Gasteiger partial charge in [0.05, 0.1) is 17.2 Å². The maximum Gasteiger partial charge on any atom is 0.416 e. The lowest BCUT2D eigenvalue weighted by Crippen LogP contribution is -2.63. The normalized spacial score (nSPS) is 26.7. The van der Waals surface area contributed by atoms with Crippen molar-refractivity contribution >= 4 is 0 Å². The van der Waals surface area contributed by atoms with Crippen molar-refractivity contribution in [1.29, 1.82) is 0 Å². The summed E-state index contributed by atoms with van der Waals surface area (Å²) in [5, 5.41) is 10.5. The molecule has 0 bridgehead atoms. The Balaban J connectivity index is 2.16. The highest BCUT2D eigenvalue weighted by Gasteiger charge is 2.43. The average molecular weight is 330 g/mol. The first kappa shape index (κ1) is 18.2. The molecule has 0 aromatic heterocycles. The number of nitrogens with zero attached hydrogens (tertiary/aromatic N) is 2. The number of aryl methyl sites for hydroxylation is 1. The Morgan fingerprint density at radius 3 is 2.65 bits per heavy atom. The van der Waals surface area contributed by atoms with Gasteiger partial charge in [-0.25, -0.2) is 0 Å². The monoisotopic (exact) mass is 330 g/mol. The predicted octanol–water partition coefficient (Wildman–Crippen LogP) is 2.63. The first-order chi connectivity index (χ1) is 10.6. The predicted molar refractivity (Wildman–Crippen MR) is 84.3 cm³/mol. The number of piperidine rings is 1. The van der Waals surface area contributed by atoms with Crippen LogP contribution in [0, 0.1) is 0 Å². The van der Waals surface area contributed by atoms with Gasteiger partial charge in [-0.1, -0.05) is 18.2 Å². The first-order valence-corrected chi connectivity index (χ1v) is 7.85. The largest absolute Gasteiger partial charge is 0.416 e. The number of halogens is 3. The van der Waals surface area contributed by atoms with Crippen molar-refractivity contribution in [2.75, 3.05) is 34.2 Å². The third kappa shape index (κ3) is 4.05. The zero-order chi connectivity index (χ0) is 17.3. The molecule has 1 aliphatic rings. The van der Waals surface area contributed by atoms with E-state index in [1.165, 1.54) is 12.1 Å². The Hall–Kier alpha value is -1.11. The molecule has 0 unspecified atom stereocenters. The highest BCUT2D eigenvalue weighted by Crippen LogP contribution is 2.33. The molecule has 2 rings (SSSR count). The maximum absolute atomic E-state index is 12.8. The number of hydrogen-bond acceptors (Lipinski definition) is 3. The molecule has 1 fully saturated rings. The van der Waals surface area contributed by atoms with E-state index >= 15 is 0 Å². The molecule has 0 saturated carbocycles. The summed E-state index contributed by atoms with van der Waals surface area (Å²) in [6, 6.07) is 5.47. The van der Waals surface area contributed by atoms with Crippen molar-refractivity contribution in [3.8, 4) is 0 Å². The summed E-state index contributed by atoms with van der Waals surface area (Å²) in [7, 11) is 5.86. The molecule has 1 heterocycles. The summed E-state index contributed by atoms with van der Waals surface area (Å²) in [5.74, 6) is 0. The Kier molecular flexibility index (Phi) is 5.38. The molecule has 130 valence electrons. The minimum atomic E-state index is -4.32. The van der Waals surface area contributed by atoms with E-state index in [2.05, 4.69) is 4.90 Å². The molecule has 0 aliphatic carbocycles. The van der Waals surface area contributed by atoms with Gasteiger partial charge < -0.3 is 14.9 Å². The van der Waals surface area contributed by atoms with Gasteiger partial charge in [0, 0.05) is 13.1 Å². The van der Waals surface area contributed by atoms with Crippen molar-refractivity contribution in [1.82, 2.24) is 9.80 Å². The molecule has 6 heteroatoms. The van der Waals surface area contributed by atoms with Crippen molar-refractivity contribution in [3.05, 3.63) is 35.4 Å². The van der Waals surface area contributed by atoms with Crippen molar-refractivity contribution < 1.29 is 18.3 Å². The van der Waals surface area contributed by atoms with Gasteiger partial charge in [0.25, 0.3) is 0 Å². The molecule has 1 saturated heterocycles. The van der Waals surface area contributed by atoms with Gasteiger partial charge >= 0.3 is 6.18 Å². The lowest BCUT2D eigenvalue weighted by atomic mass is 9.80. The Morgan fingerprint density at radius 1 is 1.35 bits per heavy atom. The van der Waals surface area contributed by atoms with Crippen molar-refractivity contribution in [3.63, 3.8) is 0 Å². The molecule has 0 radical (unpaired) electrons. The fraction of sp³-hybridized carbons (Fsp3) is 0.647. The average Bonchev–Trinajstić information content (AvgIpc) is 2.47. The van der Waals surface area contributed by atoms with E-state index in [0.29, 0.717) is 31.4 Å². The van der Waals surface area contributed by atoms with E-state index in [9.17, 15) is 18.3 Å². The van der Waals surface area contributed by atoms with E-state index in [-0.39, 0.29) is 0 Å². The van der Waals surface area contributed by atoms with E-state index in [0.717, 1.165) is 12.6 Å². The topological polar surface area (TPSA) is 26.7 Å². The zero-order valence-electron chi connectivity index (χ0n) is 13.9. The summed E-state index contributed by atoms with van der Waals surface area (Å²) in [5.41, 5.74) is -0.391. The zero-order valence-corrected chi connectivity index (χ0v) is 13.9. The number of hydrogen-bond donors (Lipinski definition) is 1. The Bertz CT molecular complexity index is 533. The Labute approximate surface area is 135 Å². The number of likely N-dealkylation sites (N-methyl/N-ethyl adjacent to an activating group) is 2. The molecule has 3 nitrogen and oxygen atoms in total. The van der Waals surface area contributed by atoms with E-state index in [1.54, 1.807) is 6.07 Å². The number of aliphatic hydroxyl groups is 1. The van der Waals surface area contributed by atoms with Crippen LogP contribution in [0.15, 0.2) is 24.3 Å². The van der Waals surface area contributed by atoms with Crippen LogP contribution in [0.2, 0.25) is 0 Å². The number of benzene rings is 1. The summed E-state index contributed by atoms with van der Waals surface area (Å²) in [4.78, 5) is 4.18. The summed E-state index contributed by atoms with van der Waals surface area (Å²) >= 11 is 0. The standard InChI is InChI=1S/C17H25F3N2O/c1-21(2)16(12-22(3)10-8-15(16)23)9-7-13-5-4-6-14(11-13)17(18,19)20/h4-6,11,15,23H,7-10,12H2,1-3H3/t15-,16-/m1/s1. The fourth-order valence-electron chi connectivity index (χ4n) is 3.44. The second kappa shape index (κ2) is 6.79. The smallest absolute Gasteiger partial charge is 0.391 e. The molecule has 1 aromatic rings. The molecular weight excluding hydrogens is 305 g/mol. The van der Waals surface area contributed by atoms with E-state index in [4.69, 9.17) is 0 Å². The van der Waals surface area contributed by atoms with Crippen LogP contribution in [0.1, 0.15) is 24.0 Å². The molecular formula is C17H25F3N2O. The van der Waals surface area contributed by atoms with Crippen LogP contribution in [-0.4, -0.2) is 60.8 Å². The lowest BCUT2D eigenvalue weighted by molar-refractivity contribution is -0.137. The summed E-state index contributed by atoms with van der Waals surface area (Å²) in [6.45, 7) is 1.54. The van der Waals surface area contributed by atoms with Gasteiger partial charge in [0.2, 0.25) is 0 Å². The van der Waals surface area contributed by atoms with Gasteiger partial charge in [-0.15, -0.1) is 0 Å². The minimum absolute atomic E-state index is 0.429. The first-order valence-electron chi connectivity index (χ1n) is 7.85. The molecule has 0 spiro atoms. The van der Waals surface area contributed by atoms with Crippen LogP contribution in [-0.2, 0) is 12.6 Å². The summed E-state index contributed by atoms with van der Waals surface area (Å²) in [6.07, 6.45) is -2.99.